The lowest BCUT2D eigenvalue weighted by Crippen LogP contribution is -2.33. The van der Waals surface area contributed by atoms with Gasteiger partial charge >= 0.3 is 5.97 Å². The molecule has 0 amide bonds. The van der Waals surface area contributed by atoms with Gasteiger partial charge in [0, 0.05) is 6.42 Å². The zero-order valence-corrected chi connectivity index (χ0v) is 11.5. The van der Waals surface area contributed by atoms with Crippen LogP contribution in [0, 0.1) is 17.3 Å². The summed E-state index contributed by atoms with van der Waals surface area (Å²) in [4.78, 5) is 11.8. The quantitative estimate of drug-likeness (QED) is 0.924. The number of hydrogen-bond acceptors (Lipinski definition) is 4. The van der Waals surface area contributed by atoms with Gasteiger partial charge < -0.3 is 5.11 Å². The van der Waals surface area contributed by atoms with Crippen molar-refractivity contribution in [3.05, 3.63) is 36.2 Å². The molecule has 2 saturated carbocycles. The van der Waals surface area contributed by atoms with Gasteiger partial charge in [0.2, 0.25) is 0 Å². The first kappa shape index (κ1) is 12.5. The number of para-hydroxylation sites is 1. The molecule has 2 aliphatic carbocycles. The second-order valence-corrected chi connectivity index (χ2v) is 6.27. The fourth-order valence-electron chi connectivity index (χ4n) is 3.68. The summed E-state index contributed by atoms with van der Waals surface area (Å²) in [6.45, 7) is 0. The summed E-state index contributed by atoms with van der Waals surface area (Å²) in [6.07, 6.45) is 3.11. The third-order valence-corrected chi connectivity index (χ3v) is 4.86. The molecule has 6 heteroatoms. The monoisotopic (exact) mass is 284 g/mol. The number of carboxylic acid groups (broad SMARTS) is 1. The summed E-state index contributed by atoms with van der Waals surface area (Å²) in [5.41, 5.74) is 0.177. The van der Waals surface area contributed by atoms with Gasteiger partial charge in [0.1, 0.15) is 0 Å². The third kappa shape index (κ3) is 2.02. The van der Waals surface area contributed by atoms with Crippen molar-refractivity contribution in [1.29, 1.82) is 0 Å². The van der Waals surface area contributed by atoms with E-state index in [9.17, 15) is 9.90 Å². The Bertz CT molecular complexity index is 672. The molecule has 108 valence electrons. The standard InChI is InChI=1S/C15H16N4O2/c20-14(21)15(7-10-6-11(10)8-15)9-13-16-17-18-19(13)12-4-2-1-3-5-12/h1-5,10-11H,6-9H2,(H,20,21). The number of tetrazole rings is 1. The Hall–Kier alpha value is -2.24. The second kappa shape index (κ2) is 4.38. The van der Waals surface area contributed by atoms with Gasteiger partial charge in [-0.25, -0.2) is 0 Å². The van der Waals surface area contributed by atoms with Gasteiger partial charge in [-0.1, -0.05) is 18.2 Å². The smallest absolute Gasteiger partial charge is 0.310 e. The highest BCUT2D eigenvalue weighted by molar-refractivity contribution is 5.76. The lowest BCUT2D eigenvalue weighted by atomic mass is 9.79. The molecule has 2 unspecified atom stereocenters. The van der Waals surface area contributed by atoms with Crippen LogP contribution in [0.4, 0.5) is 0 Å². The van der Waals surface area contributed by atoms with Crippen molar-refractivity contribution in [2.45, 2.75) is 25.7 Å². The Morgan fingerprint density at radius 3 is 2.67 bits per heavy atom. The minimum absolute atomic E-state index is 0.400. The van der Waals surface area contributed by atoms with E-state index >= 15 is 0 Å². The lowest BCUT2D eigenvalue weighted by Gasteiger charge is -2.25. The van der Waals surface area contributed by atoms with Crippen molar-refractivity contribution in [3.8, 4) is 5.69 Å². The first-order valence-electron chi connectivity index (χ1n) is 7.24. The van der Waals surface area contributed by atoms with Crippen LogP contribution in [-0.4, -0.2) is 31.3 Å². The van der Waals surface area contributed by atoms with E-state index in [-0.39, 0.29) is 0 Å². The predicted octanol–water partition coefficient (Wildman–Crippen LogP) is 1.71. The minimum Gasteiger partial charge on any atom is -0.481 e. The van der Waals surface area contributed by atoms with E-state index in [1.165, 1.54) is 6.42 Å². The van der Waals surface area contributed by atoms with E-state index in [4.69, 9.17) is 0 Å². The number of benzene rings is 1. The molecule has 1 aromatic carbocycles. The van der Waals surface area contributed by atoms with Crippen LogP contribution < -0.4 is 0 Å². The molecule has 0 saturated heterocycles. The Labute approximate surface area is 121 Å². The molecular formula is C15H16N4O2. The molecule has 21 heavy (non-hydrogen) atoms. The van der Waals surface area contributed by atoms with Crippen molar-refractivity contribution in [1.82, 2.24) is 20.2 Å². The highest BCUT2D eigenvalue weighted by atomic mass is 16.4. The molecule has 0 spiro atoms. The molecule has 0 radical (unpaired) electrons. The van der Waals surface area contributed by atoms with Crippen molar-refractivity contribution in [2.24, 2.45) is 17.3 Å². The molecule has 0 bridgehead atoms. The summed E-state index contributed by atoms with van der Waals surface area (Å²) in [7, 11) is 0. The highest BCUT2D eigenvalue weighted by Gasteiger charge is 2.58. The van der Waals surface area contributed by atoms with Gasteiger partial charge in [-0.3, -0.25) is 4.79 Å². The molecule has 1 aromatic heterocycles. The Morgan fingerprint density at radius 2 is 2.00 bits per heavy atom. The van der Waals surface area contributed by atoms with Crippen molar-refractivity contribution in [3.63, 3.8) is 0 Å². The molecule has 1 N–H and O–H groups in total. The highest BCUT2D eigenvalue weighted by Crippen LogP contribution is 2.60. The molecule has 2 aromatic rings. The molecule has 2 atom stereocenters. The van der Waals surface area contributed by atoms with Crippen LogP contribution in [0.15, 0.2) is 30.3 Å². The van der Waals surface area contributed by atoms with E-state index in [0.717, 1.165) is 18.5 Å². The van der Waals surface area contributed by atoms with Gasteiger partial charge in [0.05, 0.1) is 11.1 Å². The number of nitrogens with zero attached hydrogens (tertiary/aromatic N) is 4. The number of hydrogen-bond donors (Lipinski definition) is 1. The van der Waals surface area contributed by atoms with Crippen LogP contribution in [0.25, 0.3) is 5.69 Å². The molecule has 2 aliphatic rings. The average Bonchev–Trinajstić information content (AvgIpc) is 2.90. The van der Waals surface area contributed by atoms with Gasteiger partial charge in [-0.05, 0) is 53.7 Å². The Kier molecular flexibility index (Phi) is 2.60. The number of aliphatic carboxylic acids is 1. The van der Waals surface area contributed by atoms with Crippen LogP contribution in [0.1, 0.15) is 25.1 Å². The van der Waals surface area contributed by atoms with Crippen LogP contribution in [0.2, 0.25) is 0 Å². The van der Waals surface area contributed by atoms with Crippen LogP contribution in [0.3, 0.4) is 0 Å². The maximum absolute atomic E-state index is 11.8. The fourth-order valence-corrected chi connectivity index (χ4v) is 3.68. The molecule has 6 nitrogen and oxygen atoms in total. The second-order valence-electron chi connectivity index (χ2n) is 6.27. The van der Waals surface area contributed by atoms with Crippen LogP contribution >= 0.6 is 0 Å². The Balaban J connectivity index is 1.66. The predicted molar refractivity (Wildman–Crippen MR) is 73.8 cm³/mol. The number of carboxylic acids is 1. The minimum atomic E-state index is -0.711. The summed E-state index contributed by atoms with van der Waals surface area (Å²) >= 11 is 0. The largest absolute Gasteiger partial charge is 0.481 e. The molecular weight excluding hydrogens is 268 g/mol. The van der Waals surface area contributed by atoms with E-state index < -0.39 is 11.4 Å². The summed E-state index contributed by atoms with van der Waals surface area (Å²) < 4.78 is 1.65. The fraction of sp³-hybridized carbons (Fsp3) is 0.467. The maximum atomic E-state index is 11.8. The van der Waals surface area contributed by atoms with Gasteiger partial charge in [-0.15, -0.1) is 5.10 Å². The lowest BCUT2D eigenvalue weighted by molar-refractivity contribution is -0.149. The summed E-state index contributed by atoms with van der Waals surface area (Å²) in [5.74, 6) is 1.12. The van der Waals surface area contributed by atoms with Crippen molar-refractivity contribution >= 4 is 5.97 Å². The summed E-state index contributed by atoms with van der Waals surface area (Å²) in [5, 5.41) is 21.5. The first-order valence-corrected chi connectivity index (χ1v) is 7.24. The molecule has 4 rings (SSSR count). The number of aromatic nitrogens is 4. The number of fused-ring (bicyclic) bond motifs is 1. The van der Waals surface area contributed by atoms with E-state index in [0.29, 0.717) is 24.1 Å². The SMILES string of the molecule is O=C(O)C1(Cc2nnnn2-c2ccccc2)CC2CC2C1. The molecule has 2 fully saturated rings. The maximum Gasteiger partial charge on any atom is 0.310 e. The Morgan fingerprint density at radius 1 is 1.29 bits per heavy atom. The van der Waals surface area contributed by atoms with Gasteiger partial charge in [-0.2, -0.15) is 4.68 Å². The first-order chi connectivity index (χ1) is 10.2. The van der Waals surface area contributed by atoms with Crippen molar-refractivity contribution in [2.75, 3.05) is 0 Å². The topological polar surface area (TPSA) is 80.9 Å². The number of carbonyl (C=O) groups is 1. The number of rotatable bonds is 4. The van der Waals surface area contributed by atoms with Gasteiger partial charge in [0.25, 0.3) is 0 Å². The zero-order valence-electron chi connectivity index (χ0n) is 11.5. The molecule has 0 aliphatic heterocycles. The van der Waals surface area contributed by atoms with E-state index in [1.807, 2.05) is 30.3 Å². The summed E-state index contributed by atoms with van der Waals surface area (Å²) in [6, 6.07) is 9.59. The normalized spacial score (nSPS) is 30.1. The zero-order chi connectivity index (χ0) is 14.4. The molecule has 1 heterocycles. The average molecular weight is 284 g/mol. The van der Waals surface area contributed by atoms with E-state index in [2.05, 4.69) is 15.5 Å². The van der Waals surface area contributed by atoms with Crippen molar-refractivity contribution < 1.29 is 9.90 Å². The van der Waals surface area contributed by atoms with E-state index in [1.54, 1.807) is 4.68 Å². The van der Waals surface area contributed by atoms with Gasteiger partial charge in [0.15, 0.2) is 5.82 Å². The van der Waals surface area contributed by atoms with Crippen LogP contribution in [0.5, 0.6) is 0 Å². The van der Waals surface area contributed by atoms with Crippen LogP contribution in [-0.2, 0) is 11.2 Å². The third-order valence-electron chi connectivity index (χ3n) is 4.86.